The Labute approximate surface area is 196 Å². The maximum atomic E-state index is 12.6. The quantitative estimate of drug-likeness (QED) is 0.290. The summed E-state index contributed by atoms with van der Waals surface area (Å²) in [5.41, 5.74) is 5.04. The fraction of sp³-hybridized carbons (Fsp3) is 0.190. The molecule has 3 aromatic rings. The molecule has 0 saturated heterocycles. The monoisotopic (exact) mass is 485 g/mol. The maximum absolute atomic E-state index is 12.6. The van der Waals surface area contributed by atoms with Gasteiger partial charge in [0.05, 0.1) is 9.82 Å². The Morgan fingerprint density at radius 1 is 1.00 bits per heavy atom. The minimum Gasteiger partial charge on any atom is -0.334 e. The van der Waals surface area contributed by atoms with E-state index in [1.54, 1.807) is 44.2 Å². The molecule has 0 spiro atoms. The zero-order chi connectivity index (χ0) is 24.7. The van der Waals surface area contributed by atoms with Crippen LogP contribution in [0.3, 0.4) is 0 Å². The van der Waals surface area contributed by atoms with Crippen molar-refractivity contribution in [2.45, 2.75) is 18.7 Å². The number of nitrogens with zero attached hydrogens (tertiary/aromatic N) is 4. The Morgan fingerprint density at radius 2 is 1.62 bits per heavy atom. The number of benzene rings is 2. The molecule has 0 unspecified atom stereocenters. The molecular weight excluding hydrogens is 462 g/mol. The number of sulfonamides is 1. The number of carbonyl (C=O) groups excluding carboxylic acids is 1. The van der Waals surface area contributed by atoms with Crippen LogP contribution in [0.5, 0.6) is 0 Å². The van der Waals surface area contributed by atoms with Crippen LogP contribution in [0.2, 0.25) is 0 Å². The summed E-state index contributed by atoms with van der Waals surface area (Å²) in [6.07, 6.45) is 1.09. The lowest BCUT2D eigenvalue weighted by Gasteiger charge is -2.18. The molecule has 12 nitrogen and oxygen atoms in total. The van der Waals surface area contributed by atoms with E-state index in [1.165, 1.54) is 28.6 Å². The van der Waals surface area contributed by atoms with Crippen molar-refractivity contribution in [3.05, 3.63) is 76.6 Å². The minimum atomic E-state index is -3.64. The summed E-state index contributed by atoms with van der Waals surface area (Å²) in [4.78, 5) is 31.1. The van der Waals surface area contributed by atoms with Crippen molar-refractivity contribution in [3.8, 4) is 0 Å². The molecule has 13 heteroatoms. The van der Waals surface area contributed by atoms with Crippen LogP contribution in [0.15, 0.2) is 65.8 Å². The SMILES string of the molecule is CCN(CC)S(=O)(=O)c1ccc(Nc2ncnc(NNC(=O)c3ccccc3)c2[N+](=O)[O-])cc1. The van der Waals surface area contributed by atoms with Crippen molar-refractivity contribution in [1.29, 1.82) is 0 Å². The zero-order valence-corrected chi connectivity index (χ0v) is 19.2. The van der Waals surface area contributed by atoms with E-state index in [4.69, 9.17) is 0 Å². The molecular formula is C21H23N7O5S. The van der Waals surface area contributed by atoms with Gasteiger partial charge in [-0.1, -0.05) is 32.0 Å². The van der Waals surface area contributed by atoms with Crippen LogP contribution >= 0.6 is 0 Å². The molecule has 0 bridgehead atoms. The number of nitrogens with one attached hydrogen (secondary N) is 3. The molecule has 0 saturated carbocycles. The van der Waals surface area contributed by atoms with Crippen molar-refractivity contribution < 1.29 is 18.1 Å². The molecule has 34 heavy (non-hydrogen) atoms. The van der Waals surface area contributed by atoms with Gasteiger partial charge in [-0.15, -0.1) is 0 Å². The Hall–Kier alpha value is -4.10. The summed E-state index contributed by atoms with van der Waals surface area (Å²) in [5, 5.41) is 14.5. The molecule has 1 amide bonds. The predicted molar refractivity (Wildman–Crippen MR) is 126 cm³/mol. The number of anilines is 3. The number of carbonyl (C=O) groups is 1. The highest BCUT2D eigenvalue weighted by atomic mass is 32.2. The topological polar surface area (TPSA) is 159 Å². The van der Waals surface area contributed by atoms with Gasteiger partial charge < -0.3 is 5.32 Å². The van der Waals surface area contributed by atoms with E-state index in [1.807, 2.05) is 0 Å². The van der Waals surface area contributed by atoms with Gasteiger partial charge in [-0.05, 0) is 36.4 Å². The van der Waals surface area contributed by atoms with Crippen LogP contribution in [-0.4, -0.2) is 46.6 Å². The number of nitro groups is 1. The van der Waals surface area contributed by atoms with E-state index in [0.29, 0.717) is 24.3 Å². The number of hydrazine groups is 1. The van der Waals surface area contributed by atoms with Crippen molar-refractivity contribution in [2.75, 3.05) is 23.8 Å². The summed E-state index contributed by atoms with van der Waals surface area (Å²) in [7, 11) is -3.64. The first-order valence-corrected chi connectivity index (χ1v) is 11.7. The van der Waals surface area contributed by atoms with E-state index in [2.05, 4.69) is 26.1 Å². The molecule has 0 fully saturated rings. The van der Waals surface area contributed by atoms with Gasteiger partial charge in [-0.3, -0.25) is 25.8 Å². The van der Waals surface area contributed by atoms with Gasteiger partial charge >= 0.3 is 5.69 Å². The van der Waals surface area contributed by atoms with Crippen LogP contribution in [0.1, 0.15) is 24.2 Å². The van der Waals surface area contributed by atoms with Crippen molar-refractivity contribution >= 4 is 38.9 Å². The summed E-state index contributed by atoms with van der Waals surface area (Å²) >= 11 is 0. The normalized spacial score (nSPS) is 11.1. The predicted octanol–water partition coefficient (Wildman–Crippen LogP) is 2.92. The Bertz CT molecular complexity index is 1260. The number of hydrogen-bond acceptors (Lipinski definition) is 9. The smallest absolute Gasteiger partial charge is 0.334 e. The third kappa shape index (κ3) is 5.44. The first-order valence-electron chi connectivity index (χ1n) is 10.3. The minimum absolute atomic E-state index is 0.102. The van der Waals surface area contributed by atoms with Crippen LogP contribution < -0.4 is 16.2 Å². The fourth-order valence-corrected chi connectivity index (χ4v) is 4.53. The van der Waals surface area contributed by atoms with Crippen LogP contribution in [0, 0.1) is 10.1 Å². The van der Waals surface area contributed by atoms with Crippen molar-refractivity contribution in [2.24, 2.45) is 0 Å². The lowest BCUT2D eigenvalue weighted by atomic mass is 10.2. The molecule has 1 heterocycles. The highest BCUT2D eigenvalue weighted by molar-refractivity contribution is 7.89. The van der Waals surface area contributed by atoms with Gasteiger partial charge in [-0.2, -0.15) is 4.31 Å². The molecule has 0 radical (unpaired) electrons. The highest BCUT2D eigenvalue weighted by Crippen LogP contribution is 2.31. The Kier molecular flexibility index (Phi) is 7.71. The van der Waals surface area contributed by atoms with Gasteiger partial charge in [0.15, 0.2) is 0 Å². The molecule has 0 atom stereocenters. The van der Waals surface area contributed by atoms with Gasteiger partial charge in [-0.25, -0.2) is 18.4 Å². The fourth-order valence-electron chi connectivity index (χ4n) is 3.07. The zero-order valence-electron chi connectivity index (χ0n) is 18.4. The summed E-state index contributed by atoms with van der Waals surface area (Å²) in [6, 6.07) is 14.1. The molecule has 0 aliphatic heterocycles. The van der Waals surface area contributed by atoms with Crippen molar-refractivity contribution in [1.82, 2.24) is 19.7 Å². The van der Waals surface area contributed by atoms with Gasteiger partial charge in [0.25, 0.3) is 5.91 Å². The summed E-state index contributed by atoms with van der Waals surface area (Å²) in [5.74, 6) is -0.878. The molecule has 178 valence electrons. The number of hydrogen-bond donors (Lipinski definition) is 3. The van der Waals surface area contributed by atoms with E-state index >= 15 is 0 Å². The van der Waals surface area contributed by atoms with E-state index in [-0.39, 0.29) is 16.5 Å². The van der Waals surface area contributed by atoms with E-state index in [9.17, 15) is 23.3 Å². The van der Waals surface area contributed by atoms with Gasteiger partial charge in [0.1, 0.15) is 6.33 Å². The number of amides is 1. The molecule has 1 aromatic heterocycles. The third-order valence-electron chi connectivity index (χ3n) is 4.80. The Balaban J connectivity index is 1.81. The first kappa shape index (κ1) is 24.5. The lowest BCUT2D eigenvalue weighted by molar-refractivity contribution is -0.383. The second kappa shape index (κ2) is 10.7. The average molecular weight is 486 g/mol. The second-order valence-corrected chi connectivity index (χ2v) is 8.80. The molecule has 0 aliphatic rings. The van der Waals surface area contributed by atoms with Crippen LogP contribution in [0.25, 0.3) is 0 Å². The molecule has 3 N–H and O–H groups in total. The van der Waals surface area contributed by atoms with Gasteiger partial charge in [0, 0.05) is 24.3 Å². The van der Waals surface area contributed by atoms with Gasteiger partial charge in [0.2, 0.25) is 21.7 Å². The molecule has 0 aliphatic carbocycles. The van der Waals surface area contributed by atoms with Crippen LogP contribution in [-0.2, 0) is 10.0 Å². The van der Waals surface area contributed by atoms with E-state index in [0.717, 1.165) is 6.33 Å². The number of aromatic nitrogens is 2. The largest absolute Gasteiger partial charge is 0.355 e. The maximum Gasteiger partial charge on any atom is 0.355 e. The van der Waals surface area contributed by atoms with E-state index < -0.39 is 26.5 Å². The average Bonchev–Trinajstić information content (AvgIpc) is 2.84. The third-order valence-corrected chi connectivity index (χ3v) is 6.86. The molecule has 2 aromatic carbocycles. The standard InChI is InChI=1S/C21H23N7O5S/c1-3-27(4-2)34(32,33)17-12-10-16(11-13-17)24-19-18(28(30)31)20(23-14-22-19)25-26-21(29)15-8-6-5-7-9-15/h5-14H,3-4H2,1-2H3,(H,26,29)(H2,22,23,24,25). The summed E-state index contributed by atoms with van der Waals surface area (Å²) < 4.78 is 26.6. The highest BCUT2D eigenvalue weighted by Gasteiger charge is 2.25. The summed E-state index contributed by atoms with van der Waals surface area (Å²) in [6.45, 7) is 4.17. The Morgan fingerprint density at radius 3 is 2.21 bits per heavy atom. The first-order chi connectivity index (χ1) is 16.3. The molecule has 3 rings (SSSR count). The second-order valence-electron chi connectivity index (χ2n) is 6.86. The van der Waals surface area contributed by atoms with Crippen LogP contribution in [0.4, 0.5) is 23.0 Å². The van der Waals surface area contributed by atoms with Crippen molar-refractivity contribution in [3.63, 3.8) is 0 Å². The lowest BCUT2D eigenvalue weighted by Crippen LogP contribution is -2.30. The number of rotatable bonds is 10.